The summed E-state index contributed by atoms with van der Waals surface area (Å²) in [6.45, 7) is 1.38. The molecule has 0 saturated heterocycles. The van der Waals surface area contributed by atoms with Crippen molar-refractivity contribution in [1.29, 1.82) is 0 Å². The van der Waals surface area contributed by atoms with Gasteiger partial charge < -0.3 is 15.0 Å². The Hall–Kier alpha value is -4.19. The van der Waals surface area contributed by atoms with E-state index in [1.54, 1.807) is 0 Å². The summed E-state index contributed by atoms with van der Waals surface area (Å²) in [5, 5.41) is 2.64. The van der Waals surface area contributed by atoms with Crippen molar-refractivity contribution in [3.8, 4) is 33.9 Å². The number of aromatic nitrogens is 2. The highest BCUT2D eigenvalue weighted by molar-refractivity contribution is 5.83. The number of aromatic amines is 1. The number of methoxy groups -OCH3 is 1. The first-order valence-corrected chi connectivity index (χ1v) is 10.7. The van der Waals surface area contributed by atoms with Crippen LogP contribution in [0.5, 0.6) is 0 Å². The lowest BCUT2D eigenvalue weighted by Crippen LogP contribution is -2.41. The van der Waals surface area contributed by atoms with E-state index in [-0.39, 0.29) is 5.91 Å². The molecule has 2 N–H and O–H groups in total. The highest BCUT2D eigenvalue weighted by Gasteiger charge is 2.21. The molecule has 0 saturated carbocycles. The maximum Gasteiger partial charge on any atom is 0.328 e. The molecule has 1 aromatic heterocycles. The predicted molar refractivity (Wildman–Crippen MR) is 128 cm³/mol. The van der Waals surface area contributed by atoms with E-state index in [4.69, 9.17) is 9.72 Å². The number of hydrogen-bond donors (Lipinski definition) is 2. The first kappa shape index (κ1) is 22.0. The largest absolute Gasteiger partial charge is 0.467 e. The lowest BCUT2D eigenvalue weighted by atomic mass is 10.0. The molecule has 4 aromatic rings. The van der Waals surface area contributed by atoms with Crippen LogP contribution in [-0.2, 0) is 20.7 Å². The van der Waals surface area contributed by atoms with Crippen LogP contribution in [0.3, 0.4) is 0 Å². The number of nitrogens with one attached hydrogen (secondary N) is 2. The number of H-pyrrole nitrogens is 1. The molecule has 166 valence electrons. The Morgan fingerprint density at radius 1 is 0.879 bits per heavy atom. The van der Waals surface area contributed by atoms with Gasteiger partial charge in [0.2, 0.25) is 5.91 Å². The normalized spacial score (nSPS) is 11.6. The van der Waals surface area contributed by atoms with Gasteiger partial charge in [0.05, 0.1) is 18.5 Å². The lowest BCUT2D eigenvalue weighted by Gasteiger charge is -2.15. The Bertz CT molecular complexity index is 1180. The number of amides is 1. The van der Waals surface area contributed by atoms with Crippen molar-refractivity contribution >= 4 is 11.9 Å². The van der Waals surface area contributed by atoms with Crippen molar-refractivity contribution in [2.75, 3.05) is 7.11 Å². The summed E-state index contributed by atoms with van der Waals surface area (Å²) in [5.41, 5.74) is 5.76. The fraction of sp³-hybridized carbons (Fsp3) is 0.148. The van der Waals surface area contributed by atoms with E-state index < -0.39 is 12.0 Å². The van der Waals surface area contributed by atoms with Crippen LogP contribution in [0.4, 0.5) is 0 Å². The summed E-state index contributed by atoms with van der Waals surface area (Å²) in [6, 6.07) is 27.2. The monoisotopic (exact) mass is 439 g/mol. The van der Waals surface area contributed by atoms with Crippen LogP contribution in [0.25, 0.3) is 33.9 Å². The maximum atomic E-state index is 12.0. The zero-order chi connectivity index (χ0) is 23.2. The minimum Gasteiger partial charge on any atom is -0.467 e. The number of hydrogen-bond acceptors (Lipinski definition) is 4. The number of ether oxygens (including phenoxy) is 1. The van der Waals surface area contributed by atoms with E-state index in [2.05, 4.69) is 22.4 Å². The average Bonchev–Trinajstić information content (AvgIpc) is 3.30. The molecule has 0 radical (unpaired) electrons. The van der Waals surface area contributed by atoms with Gasteiger partial charge in [-0.05, 0) is 5.56 Å². The van der Waals surface area contributed by atoms with E-state index in [9.17, 15) is 9.59 Å². The molecule has 1 heterocycles. The van der Waals surface area contributed by atoms with Gasteiger partial charge in [-0.25, -0.2) is 9.78 Å². The summed E-state index contributed by atoms with van der Waals surface area (Å²) in [7, 11) is 1.31. The van der Waals surface area contributed by atoms with Crippen molar-refractivity contribution in [1.82, 2.24) is 15.3 Å². The molecule has 0 spiro atoms. The Morgan fingerprint density at radius 3 is 2.06 bits per heavy atom. The number of benzene rings is 3. The average molecular weight is 440 g/mol. The Labute approximate surface area is 192 Å². The second-order valence-electron chi connectivity index (χ2n) is 7.72. The number of imidazole rings is 1. The summed E-state index contributed by atoms with van der Waals surface area (Å²) >= 11 is 0. The Morgan fingerprint density at radius 2 is 1.48 bits per heavy atom. The first-order chi connectivity index (χ1) is 16.0. The minimum absolute atomic E-state index is 0.278. The van der Waals surface area contributed by atoms with Gasteiger partial charge in [-0.1, -0.05) is 84.9 Å². The zero-order valence-electron chi connectivity index (χ0n) is 18.5. The van der Waals surface area contributed by atoms with Gasteiger partial charge in [-0.2, -0.15) is 0 Å². The minimum atomic E-state index is -0.726. The second-order valence-corrected chi connectivity index (χ2v) is 7.72. The number of esters is 1. The van der Waals surface area contributed by atoms with Gasteiger partial charge in [0.1, 0.15) is 11.9 Å². The van der Waals surface area contributed by atoms with Gasteiger partial charge in [-0.3, -0.25) is 4.79 Å². The van der Waals surface area contributed by atoms with Crippen LogP contribution < -0.4 is 5.32 Å². The highest BCUT2D eigenvalue weighted by atomic mass is 16.5. The summed E-state index contributed by atoms with van der Waals surface area (Å²) in [6.07, 6.45) is 0.342. The third kappa shape index (κ3) is 5.18. The van der Waals surface area contributed by atoms with Crippen LogP contribution in [0.1, 0.15) is 12.5 Å². The van der Waals surface area contributed by atoms with Crippen LogP contribution in [-0.4, -0.2) is 35.0 Å². The molecular weight excluding hydrogens is 414 g/mol. The van der Waals surface area contributed by atoms with Crippen molar-refractivity contribution in [3.63, 3.8) is 0 Å². The van der Waals surface area contributed by atoms with Gasteiger partial charge in [0.15, 0.2) is 0 Å². The molecule has 0 aliphatic rings. The number of rotatable bonds is 7. The molecule has 3 aromatic carbocycles. The quantitative estimate of drug-likeness (QED) is 0.411. The van der Waals surface area contributed by atoms with Crippen molar-refractivity contribution in [3.05, 3.63) is 90.5 Å². The number of carbonyl (C=O) groups is 2. The molecule has 4 rings (SSSR count). The van der Waals surface area contributed by atoms with Gasteiger partial charge in [-0.15, -0.1) is 0 Å². The molecule has 6 heteroatoms. The van der Waals surface area contributed by atoms with Gasteiger partial charge in [0.25, 0.3) is 0 Å². The topological polar surface area (TPSA) is 84.1 Å². The highest BCUT2D eigenvalue weighted by Crippen LogP contribution is 2.33. The van der Waals surface area contributed by atoms with Crippen molar-refractivity contribution < 1.29 is 14.3 Å². The van der Waals surface area contributed by atoms with Crippen LogP contribution in [0.15, 0.2) is 84.9 Å². The van der Waals surface area contributed by atoms with E-state index in [0.29, 0.717) is 6.42 Å². The zero-order valence-corrected chi connectivity index (χ0v) is 18.5. The molecule has 1 amide bonds. The van der Waals surface area contributed by atoms with Crippen LogP contribution in [0, 0.1) is 0 Å². The third-order valence-corrected chi connectivity index (χ3v) is 5.34. The van der Waals surface area contributed by atoms with Crippen molar-refractivity contribution in [2.24, 2.45) is 0 Å². The molecular formula is C27H25N3O3. The first-order valence-electron chi connectivity index (χ1n) is 10.7. The number of nitrogens with zero attached hydrogens (tertiary/aromatic N) is 1. The summed E-state index contributed by atoms with van der Waals surface area (Å²) in [5.74, 6) is 0.00504. The van der Waals surface area contributed by atoms with E-state index >= 15 is 0 Å². The molecule has 0 fully saturated rings. The summed E-state index contributed by atoms with van der Waals surface area (Å²) in [4.78, 5) is 31.8. The predicted octanol–water partition coefficient (Wildman–Crippen LogP) is 4.63. The van der Waals surface area contributed by atoms with E-state index in [1.807, 2.05) is 72.8 Å². The molecule has 1 atom stereocenters. The maximum absolute atomic E-state index is 12.0. The molecule has 0 bridgehead atoms. The van der Waals surface area contributed by atoms with Crippen LogP contribution in [0.2, 0.25) is 0 Å². The SMILES string of the molecule is COC(=O)[C@H](Cc1ccc(-c2nc(-c3ccccc3)c(-c3ccccc3)[nH]2)cc1)NC(C)=O. The Balaban J connectivity index is 1.65. The fourth-order valence-electron chi connectivity index (χ4n) is 3.74. The third-order valence-electron chi connectivity index (χ3n) is 5.34. The molecule has 33 heavy (non-hydrogen) atoms. The standard InChI is InChI=1S/C27H25N3O3/c1-18(31)28-23(27(32)33-2)17-19-13-15-22(16-14-19)26-29-24(20-9-5-3-6-10-20)25(30-26)21-11-7-4-8-12-21/h3-16,23H,17H2,1-2H3,(H,28,31)(H,29,30)/t23-/m0/s1. The fourth-order valence-corrected chi connectivity index (χ4v) is 3.74. The second kappa shape index (κ2) is 9.96. The van der Waals surface area contributed by atoms with E-state index in [0.717, 1.165) is 39.5 Å². The van der Waals surface area contributed by atoms with E-state index in [1.165, 1.54) is 14.0 Å². The number of carbonyl (C=O) groups excluding carboxylic acids is 2. The lowest BCUT2D eigenvalue weighted by molar-refractivity contribution is -0.144. The van der Waals surface area contributed by atoms with Crippen molar-refractivity contribution in [2.45, 2.75) is 19.4 Å². The smallest absolute Gasteiger partial charge is 0.328 e. The summed E-state index contributed by atoms with van der Waals surface area (Å²) < 4.78 is 4.81. The molecule has 0 unspecified atom stereocenters. The molecule has 0 aliphatic carbocycles. The van der Waals surface area contributed by atoms with Gasteiger partial charge >= 0.3 is 5.97 Å². The Kier molecular flexibility index (Phi) is 6.64. The molecule has 6 nitrogen and oxygen atoms in total. The molecule has 0 aliphatic heterocycles. The van der Waals surface area contributed by atoms with Gasteiger partial charge in [0, 0.05) is 30.0 Å². The van der Waals surface area contributed by atoms with Crippen LogP contribution >= 0.6 is 0 Å².